The molecule has 3 aliphatic rings. The lowest BCUT2D eigenvalue weighted by atomic mass is 9.90. The van der Waals surface area contributed by atoms with Crippen molar-refractivity contribution in [1.82, 2.24) is 19.8 Å². The molecule has 2 amide bonds. The smallest absolute Gasteiger partial charge is 0.255 e. The molecule has 192 valence electrons. The van der Waals surface area contributed by atoms with Gasteiger partial charge in [0, 0.05) is 46.5 Å². The van der Waals surface area contributed by atoms with E-state index in [0.29, 0.717) is 22.2 Å². The number of aliphatic imine (C=N–C) groups is 1. The number of halogens is 1. The van der Waals surface area contributed by atoms with Gasteiger partial charge in [-0.05, 0) is 83.9 Å². The fourth-order valence-corrected chi connectivity index (χ4v) is 6.78. The number of pyridine rings is 1. The van der Waals surface area contributed by atoms with Crippen molar-refractivity contribution in [2.75, 3.05) is 25.9 Å². The lowest BCUT2D eigenvalue weighted by molar-refractivity contribution is -0.120. The summed E-state index contributed by atoms with van der Waals surface area (Å²) >= 11 is 7.85. The van der Waals surface area contributed by atoms with Gasteiger partial charge in [0.05, 0.1) is 16.5 Å². The number of allylic oxidation sites excluding steroid dienone is 1. The van der Waals surface area contributed by atoms with Crippen molar-refractivity contribution in [2.45, 2.75) is 58.5 Å². The SMILES string of the molecule is CSC1=CC(C)=NC(=O)C1CNC(=O)c1c(C)n([C@H](C)C2CCN(C3CC3)CC2)c2ncc(Cl)cc12. The maximum Gasteiger partial charge on any atom is 0.255 e. The number of nitrogens with one attached hydrogen (secondary N) is 1. The van der Waals surface area contributed by atoms with Gasteiger partial charge in [-0.1, -0.05) is 11.6 Å². The molecule has 7 nitrogen and oxygen atoms in total. The summed E-state index contributed by atoms with van der Waals surface area (Å²) in [5.74, 6) is -0.359. The minimum atomic E-state index is -0.460. The van der Waals surface area contributed by atoms with Crippen LogP contribution in [0.5, 0.6) is 0 Å². The fourth-order valence-electron chi connectivity index (χ4n) is 5.87. The van der Waals surface area contributed by atoms with Gasteiger partial charge in [-0.25, -0.2) is 9.98 Å². The molecule has 1 unspecified atom stereocenters. The van der Waals surface area contributed by atoms with Crippen molar-refractivity contribution in [3.63, 3.8) is 0 Å². The Morgan fingerprint density at radius 1 is 1.25 bits per heavy atom. The topological polar surface area (TPSA) is 79.6 Å². The van der Waals surface area contributed by atoms with E-state index in [1.807, 2.05) is 32.2 Å². The Labute approximate surface area is 221 Å². The first-order valence-electron chi connectivity index (χ1n) is 12.8. The number of piperidine rings is 1. The number of carbonyl (C=O) groups is 2. The number of hydrogen-bond donors (Lipinski definition) is 1. The molecule has 1 saturated carbocycles. The van der Waals surface area contributed by atoms with Crippen LogP contribution in [0.3, 0.4) is 0 Å². The van der Waals surface area contributed by atoms with Crippen LogP contribution in [0.25, 0.3) is 11.0 Å². The molecule has 5 rings (SSSR count). The standard InChI is InChI=1S/C27H34ClN5O2S/c1-15-11-23(36-4)22(26(34)31-15)14-30-27(35)24-17(3)33(25-21(24)12-19(28)13-29-25)16(2)18-7-9-32(10-8-18)20-5-6-20/h11-13,16,18,20,22H,5-10,14H2,1-4H3,(H,30,35)/t16-,22?/m1/s1. The number of dihydropyridines is 1. The molecule has 1 saturated heterocycles. The average molecular weight is 528 g/mol. The number of carbonyl (C=O) groups excluding carboxylic acids is 2. The normalized spacial score (nSPS) is 22.5. The van der Waals surface area contributed by atoms with Gasteiger partial charge < -0.3 is 14.8 Å². The van der Waals surface area contributed by atoms with E-state index >= 15 is 0 Å². The number of amides is 2. The Balaban J connectivity index is 1.40. The van der Waals surface area contributed by atoms with Gasteiger partial charge in [-0.2, -0.15) is 0 Å². The number of hydrogen-bond acceptors (Lipinski definition) is 5. The van der Waals surface area contributed by atoms with E-state index in [4.69, 9.17) is 11.6 Å². The van der Waals surface area contributed by atoms with E-state index in [1.165, 1.54) is 24.6 Å². The zero-order valence-corrected chi connectivity index (χ0v) is 23.0. The van der Waals surface area contributed by atoms with Gasteiger partial charge in [0.15, 0.2) is 0 Å². The van der Waals surface area contributed by atoms with Crippen LogP contribution >= 0.6 is 23.4 Å². The van der Waals surface area contributed by atoms with Gasteiger partial charge in [-0.3, -0.25) is 9.59 Å². The van der Waals surface area contributed by atoms with Crippen LogP contribution in [0.15, 0.2) is 28.2 Å². The number of nitrogens with zero attached hydrogens (tertiary/aromatic N) is 4. The second kappa shape index (κ2) is 10.3. The highest BCUT2D eigenvalue weighted by Crippen LogP contribution is 2.38. The molecule has 0 spiro atoms. The quantitative estimate of drug-likeness (QED) is 0.546. The Kier molecular flexibility index (Phi) is 7.30. The average Bonchev–Trinajstić information content (AvgIpc) is 3.66. The van der Waals surface area contributed by atoms with Gasteiger partial charge in [0.2, 0.25) is 0 Å². The monoisotopic (exact) mass is 527 g/mol. The van der Waals surface area contributed by atoms with E-state index in [1.54, 1.807) is 6.20 Å². The van der Waals surface area contributed by atoms with Crippen LogP contribution in [-0.2, 0) is 4.79 Å². The van der Waals surface area contributed by atoms with Crippen LogP contribution < -0.4 is 5.32 Å². The third kappa shape index (κ3) is 4.87. The van der Waals surface area contributed by atoms with E-state index in [0.717, 1.165) is 53.6 Å². The van der Waals surface area contributed by atoms with Crippen LogP contribution in [0.4, 0.5) is 0 Å². The van der Waals surface area contributed by atoms with Crippen molar-refractivity contribution in [1.29, 1.82) is 0 Å². The molecule has 36 heavy (non-hydrogen) atoms. The summed E-state index contributed by atoms with van der Waals surface area (Å²) in [5.41, 5.74) is 2.96. The van der Waals surface area contributed by atoms with Gasteiger partial charge >= 0.3 is 0 Å². The highest BCUT2D eigenvalue weighted by Gasteiger charge is 2.35. The predicted molar refractivity (Wildman–Crippen MR) is 147 cm³/mol. The first-order valence-corrected chi connectivity index (χ1v) is 14.4. The minimum Gasteiger partial charge on any atom is -0.351 e. The molecule has 1 N–H and O–H groups in total. The third-order valence-electron chi connectivity index (χ3n) is 7.99. The zero-order chi connectivity index (χ0) is 25.6. The van der Waals surface area contributed by atoms with Crippen LogP contribution in [-0.4, -0.2) is 63.9 Å². The van der Waals surface area contributed by atoms with Crippen molar-refractivity contribution < 1.29 is 9.59 Å². The molecule has 2 aromatic heterocycles. The van der Waals surface area contributed by atoms with Crippen LogP contribution in [0, 0.1) is 18.8 Å². The summed E-state index contributed by atoms with van der Waals surface area (Å²) in [6, 6.07) is 2.85. The second-order valence-corrected chi connectivity index (χ2v) is 11.6. The zero-order valence-electron chi connectivity index (χ0n) is 21.4. The first kappa shape index (κ1) is 25.5. The van der Waals surface area contributed by atoms with Crippen molar-refractivity contribution in [3.8, 4) is 0 Å². The molecule has 9 heteroatoms. The molecule has 0 bridgehead atoms. The highest BCUT2D eigenvalue weighted by molar-refractivity contribution is 8.02. The molecule has 0 aromatic carbocycles. The lowest BCUT2D eigenvalue weighted by Crippen LogP contribution is -2.37. The Bertz CT molecular complexity index is 1260. The van der Waals surface area contributed by atoms with Crippen LogP contribution in [0.1, 0.15) is 61.6 Å². The summed E-state index contributed by atoms with van der Waals surface area (Å²) in [6.45, 7) is 8.55. The molecule has 2 atom stereocenters. The molecule has 4 heterocycles. The largest absolute Gasteiger partial charge is 0.351 e. The first-order chi connectivity index (χ1) is 17.3. The molecule has 2 aromatic rings. The Morgan fingerprint density at radius 2 is 1.97 bits per heavy atom. The Hall–Kier alpha value is -2.16. The summed E-state index contributed by atoms with van der Waals surface area (Å²) in [6.07, 6.45) is 10.5. The summed E-state index contributed by atoms with van der Waals surface area (Å²) in [4.78, 5) is 38.4. The molecule has 2 aliphatic heterocycles. The van der Waals surface area contributed by atoms with E-state index in [9.17, 15) is 9.59 Å². The molecule has 2 fully saturated rings. The fraction of sp³-hybridized carbons (Fsp3) is 0.556. The number of rotatable bonds is 7. The minimum absolute atomic E-state index is 0.205. The van der Waals surface area contributed by atoms with E-state index in [2.05, 4.69) is 31.7 Å². The maximum atomic E-state index is 13.6. The summed E-state index contributed by atoms with van der Waals surface area (Å²) in [5, 5.41) is 4.27. The summed E-state index contributed by atoms with van der Waals surface area (Å²) < 4.78 is 2.23. The molecule has 1 aliphatic carbocycles. The van der Waals surface area contributed by atoms with Crippen molar-refractivity contribution in [2.24, 2.45) is 16.8 Å². The van der Waals surface area contributed by atoms with E-state index < -0.39 is 5.92 Å². The molecule has 0 radical (unpaired) electrons. The van der Waals surface area contributed by atoms with Gasteiger partial charge in [0.25, 0.3) is 11.8 Å². The number of aromatic nitrogens is 2. The van der Waals surface area contributed by atoms with Gasteiger partial charge in [-0.15, -0.1) is 11.8 Å². The lowest BCUT2D eigenvalue weighted by Gasteiger charge is -2.36. The van der Waals surface area contributed by atoms with Crippen molar-refractivity contribution >= 4 is 51.9 Å². The predicted octanol–water partition coefficient (Wildman–Crippen LogP) is 5.03. The maximum absolute atomic E-state index is 13.6. The van der Waals surface area contributed by atoms with E-state index in [-0.39, 0.29) is 24.4 Å². The van der Waals surface area contributed by atoms with Crippen molar-refractivity contribution in [3.05, 3.63) is 39.5 Å². The third-order valence-corrected chi connectivity index (χ3v) is 9.07. The van der Waals surface area contributed by atoms with Crippen LogP contribution in [0.2, 0.25) is 5.02 Å². The molecular weight excluding hydrogens is 494 g/mol. The number of thioether (sulfide) groups is 1. The van der Waals surface area contributed by atoms with Gasteiger partial charge in [0.1, 0.15) is 5.65 Å². The molecular formula is C27H34ClN5O2S. The number of likely N-dealkylation sites (tertiary alicyclic amines) is 1. The Morgan fingerprint density at radius 3 is 2.64 bits per heavy atom. The summed E-state index contributed by atoms with van der Waals surface area (Å²) in [7, 11) is 0. The second-order valence-electron chi connectivity index (χ2n) is 10.3. The highest BCUT2D eigenvalue weighted by atomic mass is 35.5. The number of fused-ring (bicyclic) bond motifs is 1.